The van der Waals surface area contributed by atoms with Crippen molar-refractivity contribution in [3.63, 3.8) is 0 Å². The van der Waals surface area contributed by atoms with Crippen LogP contribution >= 0.6 is 0 Å². The summed E-state index contributed by atoms with van der Waals surface area (Å²) in [5, 5.41) is 0. The van der Waals surface area contributed by atoms with Crippen LogP contribution in [0.25, 0.3) is 0 Å². The van der Waals surface area contributed by atoms with Gasteiger partial charge in [-0.05, 0) is 39.8 Å². The third-order valence-electron chi connectivity index (χ3n) is 2.75. The van der Waals surface area contributed by atoms with Crippen molar-refractivity contribution in [3.05, 3.63) is 0 Å². The predicted octanol–water partition coefficient (Wildman–Crippen LogP) is 1.48. The van der Waals surface area contributed by atoms with Crippen molar-refractivity contribution < 1.29 is 9.47 Å². The van der Waals surface area contributed by atoms with Gasteiger partial charge in [0.2, 0.25) is 0 Å². The lowest BCUT2D eigenvalue weighted by Crippen LogP contribution is -2.29. The molecule has 3 heteroatoms. The maximum absolute atomic E-state index is 5.45. The second-order valence-electron chi connectivity index (χ2n) is 3.90. The monoisotopic (exact) mass is 187 g/mol. The Labute approximate surface area is 81.0 Å². The topological polar surface area (TPSA) is 21.7 Å². The van der Waals surface area contributed by atoms with Crippen molar-refractivity contribution in [1.29, 1.82) is 0 Å². The molecule has 0 aliphatic carbocycles. The fourth-order valence-electron chi connectivity index (χ4n) is 1.91. The summed E-state index contributed by atoms with van der Waals surface area (Å²) < 4.78 is 10.3. The average Bonchev–Trinajstić information content (AvgIpc) is 2.48. The minimum atomic E-state index is 0.311. The Morgan fingerprint density at radius 2 is 2.31 bits per heavy atom. The van der Waals surface area contributed by atoms with E-state index >= 15 is 0 Å². The molecule has 0 aromatic heterocycles. The first-order valence-corrected chi connectivity index (χ1v) is 5.05. The average molecular weight is 187 g/mol. The summed E-state index contributed by atoms with van der Waals surface area (Å²) in [6, 6.07) is 0.715. The summed E-state index contributed by atoms with van der Waals surface area (Å²) in [5.74, 6) is 0. The highest BCUT2D eigenvalue weighted by Gasteiger charge is 2.22. The van der Waals surface area contributed by atoms with E-state index < -0.39 is 0 Å². The SMILES string of the molecule is COCO[C@@H](C)C[C@H]1CCCN1C. The van der Waals surface area contributed by atoms with Crippen molar-refractivity contribution in [1.82, 2.24) is 4.90 Å². The molecule has 1 heterocycles. The number of ether oxygens (including phenoxy) is 2. The zero-order valence-electron chi connectivity index (χ0n) is 8.95. The third-order valence-corrected chi connectivity index (χ3v) is 2.75. The second kappa shape index (κ2) is 5.58. The van der Waals surface area contributed by atoms with Crippen LogP contribution in [0.1, 0.15) is 26.2 Å². The van der Waals surface area contributed by atoms with E-state index in [0.717, 1.165) is 6.42 Å². The van der Waals surface area contributed by atoms with E-state index in [0.29, 0.717) is 18.9 Å². The fraction of sp³-hybridized carbons (Fsp3) is 1.00. The largest absolute Gasteiger partial charge is 0.359 e. The molecule has 0 bridgehead atoms. The van der Waals surface area contributed by atoms with Crippen molar-refractivity contribution in [2.75, 3.05) is 27.5 Å². The number of nitrogens with zero attached hydrogens (tertiary/aromatic N) is 1. The maximum atomic E-state index is 5.45. The molecule has 78 valence electrons. The van der Waals surface area contributed by atoms with Crippen molar-refractivity contribution >= 4 is 0 Å². The van der Waals surface area contributed by atoms with Crippen molar-refractivity contribution in [2.24, 2.45) is 0 Å². The lowest BCUT2D eigenvalue weighted by Gasteiger charge is -2.22. The molecular weight excluding hydrogens is 166 g/mol. The smallest absolute Gasteiger partial charge is 0.146 e. The maximum Gasteiger partial charge on any atom is 0.146 e. The first-order valence-electron chi connectivity index (χ1n) is 5.05. The highest BCUT2D eigenvalue weighted by Crippen LogP contribution is 2.19. The fourth-order valence-corrected chi connectivity index (χ4v) is 1.91. The summed E-state index contributed by atoms with van der Waals surface area (Å²) in [4.78, 5) is 2.42. The van der Waals surface area contributed by atoms with Crippen LogP contribution in [0.4, 0.5) is 0 Å². The molecule has 1 fully saturated rings. The van der Waals surface area contributed by atoms with E-state index in [9.17, 15) is 0 Å². The molecule has 2 atom stereocenters. The number of methoxy groups -OCH3 is 1. The number of hydrogen-bond donors (Lipinski definition) is 0. The van der Waals surface area contributed by atoms with Gasteiger partial charge in [0.15, 0.2) is 0 Å². The minimum absolute atomic E-state index is 0.311. The Hall–Kier alpha value is -0.120. The van der Waals surface area contributed by atoms with Crippen LogP contribution in [0.15, 0.2) is 0 Å². The highest BCUT2D eigenvalue weighted by atomic mass is 16.7. The molecule has 0 N–H and O–H groups in total. The van der Waals surface area contributed by atoms with E-state index in [4.69, 9.17) is 9.47 Å². The van der Waals surface area contributed by atoms with Gasteiger partial charge in [0.25, 0.3) is 0 Å². The van der Waals surface area contributed by atoms with E-state index in [1.807, 2.05) is 0 Å². The van der Waals surface area contributed by atoms with Crippen molar-refractivity contribution in [3.8, 4) is 0 Å². The Morgan fingerprint density at radius 3 is 2.85 bits per heavy atom. The van der Waals surface area contributed by atoms with Gasteiger partial charge in [0, 0.05) is 13.2 Å². The van der Waals surface area contributed by atoms with Gasteiger partial charge in [-0.15, -0.1) is 0 Å². The van der Waals surface area contributed by atoms with E-state index in [1.165, 1.54) is 19.4 Å². The van der Waals surface area contributed by atoms with E-state index in [-0.39, 0.29) is 0 Å². The molecule has 0 amide bonds. The molecule has 0 aromatic rings. The van der Waals surface area contributed by atoms with Crippen LogP contribution < -0.4 is 0 Å². The lowest BCUT2D eigenvalue weighted by atomic mass is 10.1. The zero-order chi connectivity index (χ0) is 9.68. The van der Waals surface area contributed by atoms with Crippen LogP contribution in [-0.2, 0) is 9.47 Å². The van der Waals surface area contributed by atoms with Gasteiger partial charge in [-0.1, -0.05) is 0 Å². The van der Waals surface area contributed by atoms with Gasteiger partial charge < -0.3 is 14.4 Å². The molecule has 3 nitrogen and oxygen atoms in total. The summed E-state index contributed by atoms with van der Waals surface area (Å²) in [7, 11) is 3.86. The van der Waals surface area contributed by atoms with Gasteiger partial charge in [0.1, 0.15) is 6.79 Å². The molecule has 0 spiro atoms. The van der Waals surface area contributed by atoms with Gasteiger partial charge in [-0.3, -0.25) is 0 Å². The number of hydrogen-bond acceptors (Lipinski definition) is 3. The molecular formula is C10H21NO2. The Morgan fingerprint density at radius 1 is 1.54 bits per heavy atom. The molecule has 1 aliphatic heterocycles. The Bertz CT molecular complexity index is 141. The van der Waals surface area contributed by atoms with Crippen LogP contribution in [0, 0.1) is 0 Å². The molecule has 13 heavy (non-hydrogen) atoms. The van der Waals surface area contributed by atoms with Crippen LogP contribution in [0.2, 0.25) is 0 Å². The summed E-state index contributed by atoms with van der Waals surface area (Å²) >= 11 is 0. The Balaban J connectivity index is 2.15. The molecule has 0 unspecified atom stereocenters. The molecule has 0 aromatic carbocycles. The molecule has 0 saturated carbocycles. The van der Waals surface area contributed by atoms with Crippen LogP contribution in [0.5, 0.6) is 0 Å². The van der Waals surface area contributed by atoms with Gasteiger partial charge in [-0.2, -0.15) is 0 Å². The summed E-state index contributed by atoms with van der Waals surface area (Å²) in [5.41, 5.74) is 0. The Kier molecular flexibility index (Phi) is 4.70. The molecule has 1 saturated heterocycles. The number of rotatable bonds is 5. The van der Waals surface area contributed by atoms with Crippen LogP contribution in [-0.4, -0.2) is 44.5 Å². The van der Waals surface area contributed by atoms with Crippen LogP contribution in [0.3, 0.4) is 0 Å². The van der Waals surface area contributed by atoms with Gasteiger partial charge in [0.05, 0.1) is 6.10 Å². The lowest BCUT2D eigenvalue weighted by molar-refractivity contribution is -0.0720. The highest BCUT2D eigenvalue weighted by molar-refractivity contribution is 4.77. The first-order chi connectivity index (χ1) is 6.24. The standard InChI is InChI=1S/C10H21NO2/c1-9(13-8-12-3)7-10-5-4-6-11(10)2/h9-10H,4-8H2,1-3H3/t9-,10+/m0/s1. The molecule has 1 aliphatic rings. The third kappa shape index (κ3) is 3.63. The summed E-state index contributed by atoms with van der Waals surface area (Å²) in [6.07, 6.45) is 4.08. The molecule has 0 radical (unpaired) electrons. The minimum Gasteiger partial charge on any atom is -0.359 e. The molecule has 1 rings (SSSR count). The second-order valence-corrected chi connectivity index (χ2v) is 3.90. The van der Waals surface area contributed by atoms with Gasteiger partial charge in [-0.25, -0.2) is 0 Å². The normalized spacial score (nSPS) is 26.5. The summed E-state index contributed by atoms with van der Waals surface area (Å²) in [6.45, 7) is 3.77. The quantitative estimate of drug-likeness (QED) is 0.608. The van der Waals surface area contributed by atoms with Gasteiger partial charge >= 0.3 is 0 Å². The zero-order valence-corrected chi connectivity index (χ0v) is 8.95. The first kappa shape index (κ1) is 11.0. The predicted molar refractivity (Wildman–Crippen MR) is 52.7 cm³/mol. The van der Waals surface area contributed by atoms with Crippen molar-refractivity contribution in [2.45, 2.75) is 38.3 Å². The number of likely N-dealkylation sites (tertiary alicyclic amines) is 1. The van der Waals surface area contributed by atoms with E-state index in [1.54, 1.807) is 7.11 Å². The van der Waals surface area contributed by atoms with E-state index in [2.05, 4.69) is 18.9 Å².